The Labute approximate surface area is 82.0 Å². The van der Waals surface area contributed by atoms with Crippen LogP contribution in [0.15, 0.2) is 12.3 Å². The number of nitrogens with zero attached hydrogens (tertiary/aromatic N) is 2. The number of rotatable bonds is 4. The van der Waals surface area contributed by atoms with E-state index in [-0.39, 0.29) is 5.69 Å². The predicted octanol–water partition coefficient (Wildman–Crippen LogP) is 0.742. The predicted molar refractivity (Wildman–Crippen MR) is 50.1 cm³/mol. The molecule has 78 valence electrons. The molecule has 2 N–H and O–H groups in total. The summed E-state index contributed by atoms with van der Waals surface area (Å²) in [7, 11) is 0. The number of carbonyl (C=O) groups is 1. The van der Waals surface area contributed by atoms with Crippen LogP contribution in [0.4, 0.5) is 0 Å². The average Bonchev–Trinajstić information content (AvgIpc) is 2.46. The highest BCUT2D eigenvalue weighted by Gasteiger charge is 2.15. The van der Waals surface area contributed by atoms with E-state index in [9.17, 15) is 9.90 Å². The number of hydrogen-bond donors (Lipinski definition) is 2. The Morgan fingerprint density at radius 2 is 2.29 bits per heavy atom. The maximum absolute atomic E-state index is 10.7. The molecule has 0 bridgehead atoms. The van der Waals surface area contributed by atoms with Gasteiger partial charge in [0.15, 0.2) is 0 Å². The maximum Gasteiger partial charge on any atom is 0.354 e. The molecule has 5 heteroatoms. The maximum atomic E-state index is 10.7. The molecule has 0 unspecified atom stereocenters. The van der Waals surface area contributed by atoms with E-state index < -0.39 is 11.6 Å². The summed E-state index contributed by atoms with van der Waals surface area (Å²) in [6.45, 7) is 3.76. The molecule has 14 heavy (non-hydrogen) atoms. The van der Waals surface area contributed by atoms with E-state index in [2.05, 4.69) is 5.10 Å². The number of hydrogen-bond acceptors (Lipinski definition) is 3. The second kappa shape index (κ2) is 3.79. The molecule has 0 radical (unpaired) electrons. The van der Waals surface area contributed by atoms with Gasteiger partial charge in [-0.2, -0.15) is 5.10 Å². The van der Waals surface area contributed by atoms with Crippen molar-refractivity contribution in [2.75, 3.05) is 0 Å². The molecular formula is C9H14N2O3. The molecule has 0 saturated carbocycles. The van der Waals surface area contributed by atoms with Gasteiger partial charge in [0.1, 0.15) is 5.69 Å². The Morgan fingerprint density at radius 1 is 1.64 bits per heavy atom. The van der Waals surface area contributed by atoms with Crippen LogP contribution in [0.25, 0.3) is 0 Å². The van der Waals surface area contributed by atoms with E-state index in [0.717, 1.165) is 0 Å². The number of aromatic carboxylic acids is 1. The van der Waals surface area contributed by atoms with Crippen LogP contribution in [0.5, 0.6) is 0 Å². The minimum Gasteiger partial charge on any atom is -0.477 e. The third-order valence-electron chi connectivity index (χ3n) is 1.87. The number of aromatic nitrogens is 2. The third kappa shape index (κ3) is 2.85. The van der Waals surface area contributed by atoms with Crippen molar-refractivity contribution < 1.29 is 15.0 Å². The highest BCUT2D eigenvalue weighted by Crippen LogP contribution is 2.10. The molecule has 1 aromatic heterocycles. The molecule has 0 fully saturated rings. The molecule has 0 atom stereocenters. The summed E-state index contributed by atoms with van der Waals surface area (Å²) in [5.74, 6) is -1.00. The Kier molecular flexibility index (Phi) is 2.90. The first-order valence-corrected chi connectivity index (χ1v) is 4.37. The zero-order valence-electron chi connectivity index (χ0n) is 8.27. The second-order valence-electron chi connectivity index (χ2n) is 3.81. The first kappa shape index (κ1) is 10.7. The van der Waals surface area contributed by atoms with Crippen LogP contribution in [-0.2, 0) is 6.54 Å². The molecule has 0 spiro atoms. The summed E-state index contributed by atoms with van der Waals surface area (Å²) in [4.78, 5) is 10.7. The normalized spacial score (nSPS) is 11.6. The fourth-order valence-corrected chi connectivity index (χ4v) is 1.07. The van der Waals surface area contributed by atoms with E-state index in [1.165, 1.54) is 16.9 Å². The Bertz CT molecular complexity index is 325. The number of aliphatic hydroxyl groups is 1. The van der Waals surface area contributed by atoms with Crippen LogP contribution in [0, 0.1) is 0 Å². The molecule has 0 aliphatic heterocycles. The zero-order valence-corrected chi connectivity index (χ0v) is 8.27. The third-order valence-corrected chi connectivity index (χ3v) is 1.87. The fourth-order valence-electron chi connectivity index (χ4n) is 1.07. The minimum atomic E-state index is -1.00. The smallest absolute Gasteiger partial charge is 0.354 e. The highest BCUT2D eigenvalue weighted by molar-refractivity contribution is 5.85. The largest absolute Gasteiger partial charge is 0.477 e. The Morgan fingerprint density at radius 3 is 2.79 bits per heavy atom. The van der Waals surface area contributed by atoms with Gasteiger partial charge in [0.2, 0.25) is 0 Å². The van der Waals surface area contributed by atoms with Crippen molar-refractivity contribution in [1.29, 1.82) is 0 Å². The van der Waals surface area contributed by atoms with Gasteiger partial charge in [-0.3, -0.25) is 4.68 Å². The number of carboxylic acid groups (broad SMARTS) is 1. The summed E-state index contributed by atoms with van der Waals surface area (Å²) < 4.78 is 1.38. The lowest BCUT2D eigenvalue weighted by atomic mass is 10.1. The van der Waals surface area contributed by atoms with Gasteiger partial charge in [0.25, 0.3) is 0 Å². The highest BCUT2D eigenvalue weighted by atomic mass is 16.4. The average molecular weight is 198 g/mol. The lowest BCUT2D eigenvalue weighted by Crippen LogP contribution is -2.22. The fraction of sp³-hybridized carbons (Fsp3) is 0.556. The molecule has 0 aliphatic rings. The monoisotopic (exact) mass is 198 g/mol. The van der Waals surface area contributed by atoms with Gasteiger partial charge in [-0.25, -0.2) is 4.79 Å². The second-order valence-corrected chi connectivity index (χ2v) is 3.81. The molecule has 0 saturated heterocycles. The van der Waals surface area contributed by atoms with E-state index >= 15 is 0 Å². The van der Waals surface area contributed by atoms with Crippen molar-refractivity contribution in [1.82, 2.24) is 9.78 Å². The van der Waals surface area contributed by atoms with Gasteiger partial charge >= 0.3 is 5.97 Å². The van der Waals surface area contributed by atoms with E-state index in [1.54, 1.807) is 13.8 Å². The van der Waals surface area contributed by atoms with E-state index in [4.69, 9.17) is 5.11 Å². The van der Waals surface area contributed by atoms with Crippen LogP contribution in [-0.4, -0.2) is 31.6 Å². The van der Waals surface area contributed by atoms with Crippen LogP contribution in [0.1, 0.15) is 30.8 Å². The van der Waals surface area contributed by atoms with Gasteiger partial charge in [0, 0.05) is 12.7 Å². The quantitative estimate of drug-likeness (QED) is 0.748. The molecule has 0 aliphatic carbocycles. The van der Waals surface area contributed by atoms with Crippen molar-refractivity contribution in [2.24, 2.45) is 0 Å². The SMILES string of the molecule is CC(C)(O)CCn1nccc1C(=O)O. The summed E-state index contributed by atoms with van der Waals surface area (Å²) in [6, 6.07) is 1.44. The van der Waals surface area contributed by atoms with Crippen LogP contribution in [0.3, 0.4) is 0 Å². The van der Waals surface area contributed by atoms with Crippen LogP contribution < -0.4 is 0 Å². The lowest BCUT2D eigenvalue weighted by molar-refractivity contribution is 0.0607. The van der Waals surface area contributed by atoms with Gasteiger partial charge in [-0.15, -0.1) is 0 Å². The molecule has 0 aromatic carbocycles. The van der Waals surface area contributed by atoms with Crippen LogP contribution >= 0.6 is 0 Å². The van der Waals surface area contributed by atoms with Crippen LogP contribution in [0.2, 0.25) is 0 Å². The van der Waals surface area contributed by atoms with Crippen molar-refractivity contribution in [3.63, 3.8) is 0 Å². The first-order valence-electron chi connectivity index (χ1n) is 4.37. The topological polar surface area (TPSA) is 75.3 Å². The standard InChI is InChI=1S/C9H14N2O3/c1-9(2,14)4-6-11-7(8(12)13)3-5-10-11/h3,5,14H,4,6H2,1-2H3,(H,12,13). The molecule has 0 amide bonds. The minimum absolute atomic E-state index is 0.147. The zero-order chi connectivity index (χ0) is 10.8. The van der Waals surface area contributed by atoms with E-state index in [1.807, 2.05) is 0 Å². The van der Waals surface area contributed by atoms with Gasteiger partial charge in [0.05, 0.1) is 5.60 Å². The Balaban J connectivity index is 2.68. The van der Waals surface area contributed by atoms with Gasteiger partial charge < -0.3 is 10.2 Å². The summed E-state index contributed by atoms with van der Waals surface area (Å²) >= 11 is 0. The summed E-state index contributed by atoms with van der Waals surface area (Å²) in [6.07, 6.45) is 1.91. The van der Waals surface area contributed by atoms with Crippen molar-refractivity contribution in [2.45, 2.75) is 32.4 Å². The van der Waals surface area contributed by atoms with Crippen molar-refractivity contribution in [3.05, 3.63) is 18.0 Å². The molecule has 1 heterocycles. The lowest BCUT2D eigenvalue weighted by Gasteiger charge is -2.16. The van der Waals surface area contributed by atoms with Gasteiger partial charge in [-0.05, 0) is 26.3 Å². The van der Waals surface area contributed by atoms with Gasteiger partial charge in [-0.1, -0.05) is 0 Å². The van der Waals surface area contributed by atoms with Crippen molar-refractivity contribution >= 4 is 5.97 Å². The summed E-state index contributed by atoms with van der Waals surface area (Å²) in [5.41, 5.74) is -0.656. The first-order chi connectivity index (χ1) is 6.40. The van der Waals surface area contributed by atoms with Crippen molar-refractivity contribution in [3.8, 4) is 0 Å². The number of aryl methyl sites for hydroxylation is 1. The Hall–Kier alpha value is -1.36. The molecule has 5 nitrogen and oxygen atoms in total. The number of carboxylic acids is 1. The molecule has 1 rings (SSSR count). The van der Waals surface area contributed by atoms with E-state index in [0.29, 0.717) is 13.0 Å². The summed E-state index contributed by atoms with van der Waals surface area (Å²) in [5, 5.41) is 22.1. The molecule has 1 aromatic rings. The molecular weight excluding hydrogens is 184 g/mol.